The predicted octanol–water partition coefficient (Wildman–Crippen LogP) is 3.12. The molecule has 0 bridgehead atoms. The summed E-state index contributed by atoms with van der Waals surface area (Å²) < 4.78 is 5.41. The highest BCUT2D eigenvalue weighted by atomic mass is 16.5. The smallest absolute Gasteiger partial charge is 0.407 e. The molecule has 182 valence electrons. The molecule has 0 fully saturated rings. The number of carboxylic acids is 1. The van der Waals surface area contributed by atoms with Crippen molar-refractivity contribution in [2.45, 2.75) is 24.5 Å². The molecule has 0 saturated heterocycles. The number of amides is 1. The third-order valence-corrected chi connectivity index (χ3v) is 6.10. The standard InChI is InChI=1S/C26H25NO8/c28-20(24(31)23-21(29)11-14(25(32)33)12-22(23)30)9-10-27-26(34)35-13-19-17-7-3-1-5-15(17)16-6-2-4-8-18(16)19/h1-8,11-12,19-20,24,28-31H,9-10,13H2,(H,27,34)(H,32,33). The molecule has 6 N–H and O–H groups in total. The van der Waals surface area contributed by atoms with E-state index in [4.69, 9.17) is 9.84 Å². The summed E-state index contributed by atoms with van der Waals surface area (Å²) in [7, 11) is 0. The van der Waals surface area contributed by atoms with E-state index in [-0.39, 0.29) is 31.1 Å². The molecule has 0 aliphatic heterocycles. The van der Waals surface area contributed by atoms with Crippen LogP contribution in [-0.4, -0.2) is 56.9 Å². The molecule has 0 saturated carbocycles. The summed E-state index contributed by atoms with van der Waals surface area (Å²) >= 11 is 0. The normalized spacial score (nSPS) is 14.0. The Bertz CT molecular complexity index is 1190. The van der Waals surface area contributed by atoms with Gasteiger partial charge in [-0.25, -0.2) is 9.59 Å². The Morgan fingerprint density at radius 2 is 1.46 bits per heavy atom. The van der Waals surface area contributed by atoms with Crippen LogP contribution >= 0.6 is 0 Å². The van der Waals surface area contributed by atoms with Crippen molar-refractivity contribution < 1.29 is 39.9 Å². The Kier molecular flexibility index (Phi) is 6.90. The molecule has 2 atom stereocenters. The molecule has 9 nitrogen and oxygen atoms in total. The first-order valence-corrected chi connectivity index (χ1v) is 11.0. The van der Waals surface area contributed by atoms with Gasteiger partial charge in [0.15, 0.2) is 0 Å². The minimum atomic E-state index is -1.71. The second kappa shape index (κ2) is 10.0. The zero-order valence-electron chi connectivity index (χ0n) is 18.6. The lowest BCUT2D eigenvalue weighted by atomic mass is 9.98. The summed E-state index contributed by atoms with van der Waals surface area (Å²) in [4.78, 5) is 23.2. The van der Waals surface area contributed by atoms with Crippen LogP contribution in [-0.2, 0) is 4.74 Å². The van der Waals surface area contributed by atoms with Crippen molar-refractivity contribution in [2.24, 2.45) is 0 Å². The van der Waals surface area contributed by atoms with Gasteiger partial charge in [-0.2, -0.15) is 0 Å². The Morgan fingerprint density at radius 1 is 0.914 bits per heavy atom. The van der Waals surface area contributed by atoms with E-state index < -0.39 is 41.3 Å². The van der Waals surface area contributed by atoms with Gasteiger partial charge in [-0.15, -0.1) is 0 Å². The molecule has 0 spiro atoms. The van der Waals surface area contributed by atoms with Gasteiger partial charge in [0.1, 0.15) is 24.2 Å². The molecule has 35 heavy (non-hydrogen) atoms. The molecule has 3 aromatic carbocycles. The number of benzene rings is 3. The van der Waals surface area contributed by atoms with Crippen LogP contribution in [0.15, 0.2) is 60.7 Å². The third kappa shape index (κ3) is 4.91. The van der Waals surface area contributed by atoms with Gasteiger partial charge in [0.2, 0.25) is 0 Å². The van der Waals surface area contributed by atoms with E-state index >= 15 is 0 Å². The van der Waals surface area contributed by atoms with E-state index in [0.717, 1.165) is 34.4 Å². The number of phenolic OH excluding ortho intramolecular Hbond substituents is 2. The maximum Gasteiger partial charge on any atom is 0.407 e. The van der Waals surface area contributed by atoms with Gasteiger partial charge in [-0.3, -0.25) is 0 Å². The average molecular weight is 479 g/mol. The number of aliphatic hydroxyl groups excluding tert-OH is 2. The van der Waals surface area contributed by atoms with E-state index in [1.807, 2.05) is 48.5 Å². The number of ether oxygens (including phenoxy) is 1. The number of aromatic carboxylic acids is 1. The number of carboxylic acid groups (broad SMARTS) is 1. The predicted molar refractivity (Wildman–Crippen MR) is 125 cm³/mol. The molecule has 0 radical (unpaired) electrons. The number of phenols is 2. The molecule has 2 unspecified atom stereocenters. The number of carbonyl (C=O) groups is 2. The minimum Gasteiger partial charge on any atom is -0.507 e. The van der Waals surface area contributed by atoms with E-state index in [9.17, 15) is 30.0 Å². The molecule has 4 rings (SSSR count). The van der Waals surface area contributed by atoms with Crippen LogP contribution in [0.1, 0.15) is 45.5 Å². The molecule has 1 aliphatic carbocycles. The number of fused-ring (bicyclic) bond motifs is 3. The van der Waals surface area contributed by atoms with Crippen LogP contribution < -0.4 is 5.32 Å². The zero-order chi connectivity index (χ0) is 25.1. The molecule has 0 heterocycles. The van der Waals surface area contributed by atoms with E-state index in [1.54, 1.807) is 0 Å². The third-order valence-electron chi connectivity index (χ3n) is 6.10. The van der Waals surface area contributed by atoms with Gasteiger partial charge in [0.25, 0.3) is 0 Å². The van der Waals surface area contributed by atoms with Crippen molar-refractivity contribution >= 4 is 12.1 Å². The monoisotopic (exact) mass is 479 g/mol. The van der Waals surface area contributed by atoms with Crippen molar-refractivity contribution in [2.75, 3.05) is 13.2 Å². The van der Waals surface area contributed by atoms with Crippen molar-refractivity contribution in [3.8, 4) is 22.6 Å². The number of alkyl carbamates (subject to hydrolysis) is 1. The summed E-state index contributed by atoms with van der Waals surface area (Å²) in [6.45, 7) is 0.0757. The quantitative estimate of drug-likeness (QED) is 0.288. The Balaban J connectivity index is 1.31. The highest BCUT2D eigenvalue weighted by Crippen LogP contribution is 2.44. The second-order valence-electron chi connectivity index (χ2n) is 8.29. The SMILES string of the molecule is O=C(NCCC(O)C(O)c1c(O)cc(C(=O)O)cc1O)OCC1c2ccccc2-c2ccccc21. The van der Waals surface area contributed by atoms with Crippen molar-refractivity contribution in [3.63, 3.8) is 0 Å². The van der Waals surface area contributed by atoms with Crippen molar-refractivity contribution in [3.05, 3.63) is 82.9 Å². The van der Waals surface area contributed by atoms with Gasteiger partial charge in [0, 0.05) is 12.5 Å². The summed E-state index contributed by atoms with van der Waals surface area (Å²) in [6, 6.07) is 17.6. The van der Waals surface area contributed by atoms with Gasteiger partial charge in [-0.05, 0) is 40.8 Å². The number of aromatic hydroxyl groups is 2. The molecule has 0 aromatic heterocycles. The van der Waals surface area contributed by atoms with Gasteiger partial charge in [-0.1, -0.05) is 48.5 Å². The largest absolute Gasteiger partial charge is 0.507 e. The van der Waals surface area contributed by atoms with Gasteiger partial charge >= 0.3 is 12.1 Å². The highest BCUT2D eigenvalue weighted by Gasteiger charge is 2.29. The number of hydrogen-bond acceptors (Lipinski definition) is 7. The minimum absolute atomic E-state index is 0.0520. The van der Waals surface area contributed by atoms with Crippen molar-refractivity contribution in [1.29, 1.82) is 0 Å². The van der Waals surface area contributed by atoms with Crippen LogP contribution in [0.5, 0.6) is 11.5 Å². The van der Waals surface area contributed by atoms with E-state index in [0.29, 0.717) is 0 Å². The maximum atomic E-state index is 12.2. The topological polar surface area (TPSA) is 157 Å². The van der Waals surface area contributed by atoms with E-state index in [2.05, 4.69) is 5.32 Å². The fraction of sp³-hybridized carbons (Fsp3) is 0.231. The first-order chi connectivity index (χ1) is 16.8. The molecular weight excluding hydrogens is 454 g/mol. The molecule has 9 heteroatoms. The van der Waals surface area contributed by atoms with Crippen LogP contribution in [0.2, 0.25) is 0 Å². The Labute approximate surface area is 200 Å². The van der Waals surface area contributed by atoms with Crippen molar-refractivity contribution in [1.82, 2.24) is 5.32 Å². The second-order valence-corrected chi connectivity index (χ2v) is 8.29. The van der Waals surface area contributed by atoms with Gasteiger partial charge in [0.05, 0.1) is 17.2 Å². The van der Waals surface area contributed by atoms with E-state index in [1.165, 1.54) is 0 Å². The van der Waals surface area contributed by atoms with Gasteiger partial charge < -0.3 is 35.6 Å². The number of aliphatic hydroxyl groups is 2. The Hall–Kier alpha value is -4.08. The number of hydrogen-bond donors (Lipinski definition) is 6. The number of rotatable bonds is 8. The fourth-order valence-corrected chi connectivity index (χ4v) is 4.37. The van der Waals surface area contributed by atoms with Crippen LogP contribution in [0, 0.1) is 0 Å². The molecule has 1 amide bonds. The lowest BCUT2D eigenvalue weighted by Gasteiger charge is -2.20. The molecular formula is C26H25NO8. The summed E-state index contributed by atoms with van der Waals surface area (Å²) in [6.07, 6.45) is -3.98. The van der Waals surface area contributed by atoms with Crippen LogP contribution in [0.3, 0.4) is 0 Å². The molecule has 3 aromatic rings. The zero-order valence-corrected chi connectivity index (χ0v) is 18.6. The summed E-state index contributed by atoms with van der Waals surface area (Å²) in [5.41, 5.74) is 3.60. The summed E-state index contributed by atoms with van der Waals surface area (Å²) in [5.74, 6) is -2.80. The Morgan fingerprint density at radius 3 is 2.00 bits per heavy atom. The number of carbonyl (C=O) groups excluding carboxylic acids is 1. The van der Waals surface area contributed by atoms with Crippen LogP contribution in [0.25, 0.3) is 11.1 Å². The number of nitrogens with one attached hydrogen (secondary N) is 1. The average Bonchev–Trinajstić information content (AvgIpc) is 3.15. The maximum absolute atomic E-state index is 12.2. The molecule has 1 aliphatic rings. The van der Waals surface area contributed by atoms with Crippen LogP contribution in [0.4, 0.5) is 4.79 Å². The highest BCUT2D eigenvalue weighted by molar-refractivity contribution is 5.89. The lowest BCUT2D eigenvalue weighted by Crippen LogP contribution is -2.30. The summed E-state index contributed by atoms with van der Waals surface area (Å²) in [5, 5.41) is 52.0. The lowest BCUT2D eigenvalue weighted by molar-refractivity contribution is 0.0110. The first kappa shape index (κ1) is 24.1. The fourth-order valence-electron chi connectivity index (χ4n) is 4.37. The first-order valence-electron chi connectivity index (χ1n) is 11.0.